The van der Waals surface area contributed by atoms with E-state index in [-0.39, 0.29) is 16.9 Å². The van der Waals surface area contributed by atoms with E-state index in [1.165, 1.54) is 13.8 Å². The topological polar surface area (TPSA) is 54.4 Å². The Morgan fingerprint density at radius 2 is 1.62 bits per heavy atom. The first kappa shape index (κ1) is 12.8. The molecule has 0 atom stereocenters. The van der Waals surface area contributed by atoms with Crippen molar-refractivity contribution in [1.82, 2.24) is 0 Å². The van der Waals surface area contributed by atoms with Crippen LogP contribution in [0.4, 0.5) is 13.2 Å². The zero-order chi connectivity index (χ0) is 12.7. The van der Waals surface area contributed by atoms with Crippen molar-refractivity contribution >= 4 is 9.84 Å². The van der Waals surface area contributed by atoms with E-state index in [4.69, 9.17) is 0 Å². The van der Waals surface area contributed by atoms with E-state index in [1.54, 1.807) is 0 Å². The molecule has 1 aromatic rings. The summed E-state index contributed by atoms with van der Waals surface area (Å²) in [5.41, 5.74) is -5.32. The zero-order valence-electron chi connectivity index (χ0n) is 8.46. The molecule has 7 heteroatoms. The maximum Gasteiger partial charge on any atom is 0.501 e. The van der Waals surface area contributed by atoms with E-state index in [0.29, 0.717) is 0 Å². The third kappa shape index (κ3) is 1.87. The van der Waals surface area contributed by atoms with E-state index in [0.717, 1.165) is 12.1 Å². The molecule has 0 radical (unpaired) electrons. The Bertz CT molecular complexity index is 518. The number of hydrogen-bond donors (Lipinski definition) is 1. The van der Waals surface area contributed by atoms with Crippen molar-refractivity contribution in [2.24, 2.45) is 0 Å². The summed E-state index contributed by atoms with van der Waals surface area (Å²) >= 11 is 0. The van der Waals surface area contributed by atoms with Crippen LogP contribution in [0.2, 0.25) is 0 Å². The Morgan fingerprint density at radius 1 is 1.12 bits per heavy atom. The molecule has 3 nitrogen and oxygen atoms in total. The van der Waals surface area contributed by atoms with Gasteiger partial charge < -0.3 is 5.11 Å². The van der Waals surface area contributed by atoms with Crippen LogP contribution in [0, 0.1) is 13.8 Å². The summed E-state index contributed by atoms with van der Waals surface area (Å²) in [6.07, 6.45) is 0. The first-order valence-corrected chi connectivity index (χ1v) is 5.68. The molecule has 1 N–H and O–H groups in total. The Balaban J connectivity index is 3.55. The van der Waals surface area contributed by atoms with Crippen LogP contribution < -0.4 is 0 Å². The molecule has 1 aromatic carbocycles. The molecule has 16 heavy (non-hydrogen) atoms. The van der Waals surface area contributed by atoms with Crippen LogP contribution in [0.25, 0.3) is 0 Å². The second-order valence-electron chi connectivity index (χ2n) is 3.28. The largest absolute Gasteiger partial charge is 0.508 e. The standard InChI is InChI=1S/C9H9F3O3S/c1-5-6(2)8(4-3-7(5)13)16(14,15)9(10,11)12/h3-4,13H,1-2H3. The predicted molar refractivity (Wildman–Crippen MR) is 50.8 cm³/mol. The van der Waals surface area contributed by atoms with Crippen molar-refractivity contribution < 1.29 is 26.7 Å². The molecule has 0 spiro atoms. The molecular formula is C9H9F3O3S. The molecule has 0 aromatic heterocycles. The minimum atomic E-state index is -5.36. The Morgan fingerprint density at radius 3 is 2.06 bits per heavy atom. The van der Waals surface area contributed by atoms with E-state index in [1.807, 2.05) is 0 Å². The minimum Gasteiger partial charge on any atom is -0.508 e. The molecule has 0 aliphatic rings. The fraction of sp³-hybridized carbons (Fsp3) is 0.333. The second kappa shape index (κ2) is 3.65. The lowest BCUT2D eigenvalue weighted by Gasteiger charge is -2.12. The van der Waals surface area contributed by atoms with Crippen LogP contribution in [0.5, 0.6) is 5.75 Å². The monoisotopic (exact) mass is 254 g/mol. The first-order chi connectivity index (χ1) is 7.09. The number of alkyl halides is 3. The van der Waals surface area contributed by atoms with Crippen molar-refractivity contribution in [2.75, 3.05) is 0 Å². The molecule has 0 unspecified atom stereocenters. The highest BCUT2D eigenvalue weighted by Gasteiger charge is 2.47. The number of rotatable bonds is 1. The van der Waals surface area contributed by atoms with Gasteiger partial charge >= 0.3 is 5.51 Å². The van der Waals surface area contributed by atoms with E-state index in [2.05, 4.69) is 0 Å². The summed E-state index contributed by atoms with van der Waals surface area (Å²) in [6, 6.07) is 1.68. The van der Waals surface area contributed by atoms with E-state index < -0.39 is 20.2 Å². The number of phenolic OH excluding ortho intramolecular Hbond substituents is 1. The fourth-order valence-electron chi connectivity index (χ4n) is 1.20. The van der Waals surface area contributed by atoms with Crippen molar-refractivity contribution in [3.05, 3.63) is 23.3 Å². The van der Waals surface area contributed by atoms with Gasteiger partial charge in [-0.15, -0.1) is 0 Å². The molecule has 0 fully saturated rings. The van der Waals surface area contributed by atoms with Crippen LogP contribution in [0.15, 0.2) is 17.0 Å². The third-order valence-electron chi connectivity index (χ3n) is 2.30. The molecule has 0 aliphatic heterocycles. The van der Waals surface area contributed by atoms with Crippen LogP contribution >= 0.6 is 0 Å². The van der Waals surface area contributed by atoms with E-state index >= 15 is 0 Å². The Kier molecular flexibility index (Phi) is 2.93. The van der Waals surface area contributed by atoms with Gasteiger partial charge in [0.25, 0.3) is 9.84 Å². The quantitative estimate of drug-likeness (QED) is 0.836. The molecule has 0 saturated carbocycles. The van der Waals surface area contributed by atoms with Crippen molar-refractivity contribution in [1.29, 1.82) is 0 Å². The smallest absolute Gasteiger partial charge is 0.501 e. The number of phenols is 1. The summed E-state index contributed by atoms with van der Waals surface area (Å²) in [4.78, 5) is -0.824. The zero-order valence-corrected chi connectivity index (χ0v) is 9.28. The van der Waals surface area contributed by atoms with Crippen LogP contribution in [-0.4, -0.2) is 19.0 Å². The maximum atomic E-state index is 12.3. The van der Waals surface area contributed by atoms with Crippen LogP contribution in [0.1, 0.15) is 11.1 Å². The molecule has 0 saturated heterocycles. The molecule has 90 valence electrons. The lowest BCUT2D eigenvalue weighted by molar-refractivity contribution is -0.0436. The van der Waals surface area contributed by atoms with Gasteiger partial charge in [-0.1, -0.05) is 0 Å². The highest BCUT2D eigenvalue weighted by atomic mass is 32.2. The van der Waals surface area contributed by atoms with Gasteiger partial charge in [0.05, 0.1) is 4.90 Å². The average Bonchev–Trinajstić information content (AvgIpc) is 2.12. The predicted octanol–water partition coefficient (Wildman–Crippen LogP) is 2.30. The number of aromatic hydroxyl groups is 1. The summed E-state index contributed by atoms with van der Waals surface area (Å²) in [7, 11) is -5.36. The van der Waals surface area contributed by atoms with Crippen LogP contribution in [0.3, 0.4) is 0 Å². The Hall–Kier alpha value is -1.24. The summed E-state index contributed by atoms with van der Waals surface area (Å²) in [5.74, 6) is -0.237. The van der Waals surface area contributed by atoms with Gasteiger partial charge in [0.15, 0.2) is 0 Å². The average molecular weight is 254 g/mol. The number of hydrogen-bond acceptors (Lipinski definition) is 3. The SMILES string of the molecule is Cc1c(O)ccc(S(=O)(=O)C(F)(F)F)c1C. The number of halogens is 3. The number of sulfone groups is 1. The summed E-state index contributed by atoms with van der Waals surface area (Å²) in [6.45, 7) is 2.56. The molecule has 0 amide bonds. The lowest BCUT2D eigenvalue weighted by atomic mass is 10.1. The van der Waals surface area contributed by atoms with Crippen molar-refractivity contribution in [3.8, 4) is 5.75 Å². The van der Waals surface area contributed by atoms with Crippen molar-refractivity contribution in [3.63, 3.8) is 0 Å². The summed E-state index contributed by atoms with van der Waals surface area (Å²) < 4.78 is 59.1. The Labute approximate surface area is 90.4 Å². The molecule has 0 heterocycles. The number of benzene rings is 1. The summed E-state index contributed by atoms with van der Waals surface area (Å²) in [5, 5.41) is 9.22. The minimum absolute atomic E-state index is 0.0997. The van der Waals surface area contributed by atoms with Gasteiger partial charge in [0, 0.05) is 0 Å². The molecule has 1 rings (SSSR count). The fourth-order valence-corrected chi connectivity index (χ4v) is 2.25. The van der Waals surface area contributed by atoms with Crippen molar-refractivity contribution in [2.45, 2.75) is 24.3 Å². The van der Waals surface area contributed by atoms with E-state index in [9.17, 15) is 26.7 Å². The van der Waals surface area contributed by atoms with Gasteiger partial charge in [0.2, 0.25) is 0 Å². The highest BCUT2D eigenvalue weighted by molar-refractivity contribution is 7.92. The molecule has 0 aliphatic carbocycles. The second-order valence-corrected chi connectivity index (χ2v) is 5.19. The highest BCUT2D eigenvalue weighted by Crippen LogP contribution is 2.34. The maximum absolute atomic E-state index is 12.3. The molecular weight excluding hydrogens is 245 g/mol. The lowest BCUT2D eigenvalue weighted by Crippen LogP contribution is -2.24. The first-order valence-electron chi connectivity index (χ1n) is 4.19. The van der Waals surface area contributed by atoms with Gasteiger partial charge in [-0.25, -0.2) is 8.42 Å². The normalized spacial score (nSPS) is 12.8. The third-order valence-corrected chi connectivity index (χ3v) is 3.93. The van der Waals surface area contributed by atoms with Crippen LogP contribution in [-0.2, 0) is 9.84 Å². The van der Waals surface area contributed by atoms with Gasteiger partial charge in [-0.2, -0.15) is 13.2 Å². The van der Waals surface area contributed by atoms with Gasteiger partial charge in [-0.05, 0) is 37.1 Å². The van der Waals surface area contributed by atoms with Gasteiger partial charge in [-0.3, -0.25) is 0 Å². The van der Waals surface area contributed by atoms with Gasteiger partial charge in [0.1, 0.15) is 5.75 Å². The molecule has 0 bridgehead atoms.